The maximum Gasteiger partial charge on any atom is 0.161 e. The van der Waals surface area contributed by atoms with E-state index < -0.39 is 0 Å². The van der Waals surface area contributed by atoms with Crippen LogP contribution in [0.1, 0.15) is 23.3 Å². The number of hydrogen-bond acceptors (Lipinski definition) is 7. The zero-order valence-corrected chi connectivity index (χ0v) is 18.1. The van der Waals surface area contributed by atoms with Crippen LogP contribution in [0.25, 0.3) is 0 Å². The van der Waals surface area contributed by atoms with Gasteiger partial charge >= 0.3 is 0 Å². The first-order valence-electron chi connectivity index (χ1n) is 9.80. The number of benzene rings is 2. The summed E-state index contributed by atoms with van der Waals surface area (Å²) in [6.07, 6.45) is -0.479. The Hall–Kier alpha value is -2.48. The van der Waals surface area contributed by atoms with E-state index >= 15 is 0 Å². The summed E-state index contributed by atoms with van der Waals surface area (Å²) in [4.78, 5) is 0. The smallest absolute Gasteiger partial charge is 0.161 e. The molecule has 1 heterocycles. The molecule has 0 aliphatic carbocycles. The van der Waals surface area contributed by atoms with Gasteiger partial charge in [0.05, 0.1) is 46.8 Å². The minimum absolute atomic E-state index is 0.0438. The molecule has 0 amide bonds. The van der Waals surface area contributed by atoms with Gasteiger partial charge in [-0.3, -0.25) is 0 Å². The van der Waals surface area contributed by atoms with Crippen molar-refractivity contribution in [3.63, 3.8) is 0 Å². The topological polar surface area (TPSA) is 75.6 Å². The predicted molar refractivity (Wildman–Crippen MR) is 112 cm³/mol. The van der Waals surface area contributed by atoms with Crippen LogP contribution in [0.3, 0.4) is 0 Å². The van der Waals surface area contributed by atoms with Crippen LogP contribution < -0.4 is 14.2 Å². The van der Waals surface area contributed by atoms with Crippen molar-refractivity contribution in [2.24, 2.45) is 11.8 Å². The molecule has 0 bridgehead atoms. The molecule has 2 aromatic rings. The van der Waals surface area contributed by atoms with Crippen molar-refractivity contribution in [1.29, 1.82) is 0 Å². The number of phenolic OH excluding ortho intramolecular Hbond substituents is 1. The average molecular weight is 418 g/mol. The quantitative estimate of drug-likeness (QED) is 0.665. The van der Waals surface area contributed by atoms with Gasteiger partial charge in [0.15, 0.2) is 23.0 Å². The van der Waals surface area contributed by atoms with Gasteiger partial charge in [-0.1, -0.05) is 12.1 Å². The molecule has 0 saturated carbocycles. The van der Waals surface area contributed by atoms with Gasteiger partial charge in [0.1, 0.15) is 0 Å². The number of rotatable bonds is 9. The predicted octanol–water partition coefficient (Wildman–Crippen LogP) is 3.76. The van der Waals surface area contributed by atoms with E-state index in [1.165, 1.54) is 7.11 Å². The van der Waals surface area contributed by atoms with Crippen molar-refractivity contribution in [2.75, 3.05) is 48.8 Å². The van der Waals surface area contributed by atoms with Gasteiger partial charge in [-0.15, -0.1) is 0 Å². The first-order valence-corrected chi connectivity index (χ1v) is 9.80. The number of phenols is 1. The van der Waals surface area contributed by atoms with Gasteiger partial charge < -0.3 is 33.5 Å². The van der Waals surface area contributed by atoms with Gasteiger partial charge in [0, 0.05) is 26.1 Å². The molecule has 30 heavy (non-hydrogen) atoms. The Labute approximate surface area is 177 Å². The highest BCUT2D eigenvalue weighted by Crippen LogP contribution is 2.51. The second kappa shape index (κ2) is 10.0. The summed E-state index contributed by atoms with van der Waals surface area (Å²) in [6, 6.07) is 11.1. The van der Waals surface area contributed by atoms with E-state index in [9.17, 15) is 5.11 Å². The highest BCUT2D eigenvalue weighted by molar-refractivity contribution is 5.45. The van der Waals surface area contributed by atoms with E-state index in [2.05, 4.69) is 0 Å². The van der Waals surface area contributed by atoms with Crippen LogP contribution in [0.15, 0.2) is 36.4 Å². The van der Waals surface area contributed by atoms with Gasteiger partial charge in [0.25, 0.3) is 0 Å². The monoisotopic (exact) mass is 418 g/mol. The Morgan fingerprint density at radius 3 is 1.70 bits per heavy atom. The van der Waals surface area contributed by atoms with Gasteiger partial charge in [0.2, 0.25) is 0 Å². The number of methoxy groups -OCH3 is 5. The lowest BCUT2D eigenvalue weighted by atomic mass is 9.83. The van der Waals surface area contributed by atoms with E-state index in [4.69, 9.17) is 28.4 Å². The van der Waals surface area contributed by atoms with Gasteiger partial charge in [-0.25, -0.2) is 0 Å². The molecular formula is C23H30O7. The average Bonchev–Trinajstić information content (AvgIpc) is 3.12. The van der Waals surface area contributed by atoms with Crippen molar-refractivity contribution in [1.82, 2.24) is 0 Å². The Kier molecular flexibility index (Phi) is 7.42. The zero-order chi connectivity index (χ0) is 21.7. The lowest BCUT2D eigenvalue weighted by molar-refractivity contribution is 0.0143. The Morgan fingerprint density at radius 2 is 1.20 bits per heavy atom. The molecule has 4 atom stereocenters. The Morgan fingerprint density at radius 1 is 0.700 bits per heavy atom. The Bertz CT molecular complexity index is 838. The summed E-state index contributed by atoms with van der Waals surface area (Å²) in [6.45, 7) is 1.02. The van der Waals surface area contributed by atoms with Crippen molar-refractivity contribution in [2.45, 2.75) is 12.2 Å². The molecule has 7 nitrogen and oxygen atoms in total. The zero-order valence-electron chi connectivity index (χ0n) is 18.1. The van der Waals surface area contributed by atoms with E-state index in [1.54, 1.807) is 34.5 Å². The lowest BCUT2D eigenvalue weighted by Crippen LogP contribution is -2.25. The molecule has 3 rings (SSSR count). The summed E-state index contributed by atoms with van der Waals surface area (Å²) in [7, 11) is 8.12. The van der Waals surface area contributed by atoms with E-state index in [0.29, 0.717) is 30.5 Å². The standard InChI is InChI=1S/C23H30O7/c1-25-12-16-17(13-26-2)23(15-7-9-19(27-3)21(11-15)29-5)30-22(16)14-6-8-18(24)20(10-14)28-4/h6-11,16-17,22-24H,12-13H2,1-5H3/t16-,17-,22+,23-/m1/s1. The van der Waals surface area contributed by atoms with Crippen LogP contribution in [-0.2, 0) is 14.2 Å². The van der Waals surface area contributed by atoms with E-state index in [0.717, 1.165) is 11.1 Å². The lowest BCUT2D eigenvalue weighted by Gasteiger charge is -2.23. The maximum absolute atomic E-state index is 9.98. The molecule has 7 heteroatoms. The molecule has 0 aromatic heterocycles. The highest BCUT2D eigenvalue weighted by atomic mass is 16.5. The third-order valence-corrected chi connectivity index (χ3v) is 5.61. The fourth-order valence-electron chi connectivity index (χ4n) is 4.17. The van der Waals surface area contributed by atoms with Crippen molar-refractivity contribution in [3.05, 3.63) is 47.5 Å². The molecule has 164 valence electrons. The molecule has 1 aliphatic rings. The highest BCUT2D eigenvalue weighted by Gasteiger charge is 2.46. The molecule has 1 aliphatic heterocycles. The number of aromatic hydroxyl groups is 1. The first-order chi connectivity index (χ1) is 14.6. The second-order valence-electron chi connectivity index (χ2n) is 7.26. The maximum atomic E-state index is 9.98. The summed E-state index contributed by atoms with van der Waals surface area (Å²) in [5.74, 6) is 1.90. The molecule has 1 fully saturated rings. The van der Waals surface area contributed by atoms with Crippen molar-refractivity contribution < 1.29 is 33.5 Å². The Balaban J connectivity index is 2.01. The van der Waals surface area contributed by atoms with Crippen LogP contribution in [0.2, 0.25) is 0 Å². The summed E-state index contributed by atoms with van der Waals surface area (Å²) in [5, 5.41) is 9.98. The normalized spacial score (nSPS) is 23.4. The summed E-state index contributed by atoms with van der Waals surface area (Å²) >= 11 is 0. The van der Waals surface area contributed by atoms with Crippen LogP contribution in [-0.4, -0.2) is 53.9 Å². The van der Waals surface area contributed by atoms with Crippen molar-refractivity contribution >= 4 is 0 Å². The fraction of sp³-hybridized carbons (Fsp3) is 0.478. The van der Waals surface area contributed by atoms with Crippen molar-refractivity contribution in [3.8, 4) is 23.0 Å². The molecule has 0 spiro atoms. The second-order valence-corrected chi connectivity index (χ2v) is 7.26. The van der Waals surface area contributed by atoms with Crippen LogP contribution in [0, 0.1) is 11.8 Å². The number of ether oxygens (including phenoxy) is 6. The van der Waals surface area contributed by atoms with Crippen LogP contribution in [0.4, 0.5) is 0 Å². The molecule has 0 unspecified atom stereocenters. The van der Waals surface area contributed by atoms with E-state index in [-0.39, 0.29) is 29.8 Å². The summed E-state index contributed by atoms with van der Waals surface area (Å²) in [5.41, 5.74) is 1.89. The molecular weight excluding hydrogens is 388 g/mol. The minimum Gasteiger partial charge on any atom is -0.504 e. The fourth-order valence-corrected chi connectivity index (χ4v) is 4.17. The number of hydrogen-bond donors (Lipinski definition) is 1. The molecule has 1 N–H and O–H groups in total. The molecule has 2 aromatic carbocycles. The SMILES string of the molecule is COC[C@@H]1[C@@H](COC)[C@H](c2ccc(O)c(OC)c2)O[C@@H]1c1ccc(OC)c(OC)c1. The van der Waals surface area contributed by atoms with Crippen LogP contribution in [0.5, 0.6) is 23.0 Å². The summed E-state index contributed by atoms with van der Waals surface area (Å²) < 4.78 is 33.8. The van der Waals surface area contributed by atoms with E-state index in [1.807, 2.05) is 30.3 Å². The third-order valence-electron chi connectivity index (χ3n) is 5.61. The van der Waals surface area contributed by atoms with Gasteiger partial charge in [-0.2, -0.15) is 0 Å². The molecule has 0 radical (unpaired) electrons. The largest absolute Gasteiger partial charge is 0.504 e. The third kappa shape index (κ3) is 4.33. The van der Waals surface area contributed by atoms with Crippen LogP contribution >= 0.6 is 0 Å². The first kappa shape index (κ1) is 22.2. The van der Waals surface area contributed by atoms with Gasteiger partial charge in [-0.05, 0) is 35.4 Å². The minimum atomic E-state index is -0.252. The molecule has 1 saturated heterocycles.